The lowest BCUT2D eigenvalue weighted by atomic mass is 10.0. The second-order valence-electron chi connectivity index (χ2n) is 5.36. The SMILES string of the molecule is c1ccc2c(c1)OCC(c1nc(C3CCCCN3)no1)O2. The highest BCUT2D eigenvalue weighted by Gasteiger charge is 2.29. The van der Waals surface area contributed by atoms with Gasteiger partial charge in [-0.15, -0.1) is 0 Å². The van der Waals surface area contributed by atoms with Gasteiger partial charge < -0.3 is 19.3 Å². The topological polar surface area (TPSA) is 69.4 Å². The molecule has 2 unspecified atom stereocenters. The Kier molecular flexibility index (Phi) is 3.23. The number of ether oxygens (including phenoxy) is 2. The number of para-hydroxylation sites is 2. The lowest BCUT2D eigenvalue weighted by molar-refractivity contribution is 0.0665. The molecular weight excluding hydrogens is 270 g/mol. The van der Waals surface area contributed by atoms with Crippen LogP contribution in [0.3, 0.4) is 0 Å². The van der Waals surface area contributed by atoms with Crippen LogP contribution < -0.4 is 14.8 Å². The van der Waals surface area contributed by atoms with Crippen molar-refractivity contribution in [3.05, 3.63) is 36.0 Å². The summed E-state index contributed by atoms with van der Waals surface area (Å²) in [6, 6.07) is 7.78. The number of benzene rings is 1. The molecule has 6 nitrogen and oxygen atoms in total. The van der Waals surface area contributed by atoms with Crippen molar-refractivity contribution in [3.8, 4) is 11.5 Å². The molecule has 0 saturated carbocycles. The molecule has 0 amide bonds. The number of fused-ring (bicyclic) bond motifs is 1. The Labute approximate surface area is 122 Å². The van der Waals surface area contributed by atoms with E-state index < -0.39 is 0 Å². The fraction of sp³-hybridized carbons (Fsp3) is 0.467. The number of rotatable bonds is 2. The molecule has 2 aliphatic heterocycles. The van der Waals surface area contributed by atoms with Crippen molar-refractivity contribution in [3.63, 3.8) is 0 Å². The summed E-state index contributed by atoms with van der Waals surface area (Å²) < 4.78 is 16.9. The van der Waals surface area contributed by atoms with Crippen LogP contribution in [0, 0.1) is 0 Å². The van der Waals surface area contributed by atoms with Gasteiger partial charge in [0.2, 0.25) is 6.10 Å². The van der Waals surface area contributed by atoms with E-state index >= 15 is 0 Å². The summed E-state index contributed by atoms with van der Waals surface area (Å²) in [6.07, 6.45) is 3.10. The minimum absolute atomic E-state index is 0.188. The summed E-state index contributed by atoms with van der Waals surface area (Å²) in [7, 11) is 0. The van der Waals surface area contributed by atoms with Crippen molar-refractivity contribution in [1.82, 2.24) is 15.5 Å². The summed E-state index contributed by atoms with van der Waals surface area (Å²) in [5.41, 5.74) is 0. The van der Waals surface area contributed by atoms with E-state index in [4.69, 9.17) is 14.0 Å². The molecule has 0 spiro atoms. The Balaban J connectivity index is 1.51. The minimum Gasteiger partial charge on any atom is -0.485 e. The highest BCUT2D eigenvalue weighted by atomic mass is 16.6. The Morgan fingerprint density at radius 1 is 1.14 bits per heavy atom. The van der Waals surface area contributed by atoms with E-state index in [9.17, 15) is 0 Å². The molecule has 1 fully saturated rings. The quantitative estimate of drug-likeness (QED) is 0.914. The molecule has 1 N–H and O–H groups in total. The first-order valence-corrected chi connectivity index (χ1v) is 7.35. The van der Waals surface area contributed by atoms with E-state index in [1.54, 1.807) is 0 Å². The number of nitrogens with zero attached hydrogens (tertiary/aromatic N) is 2. The van der Waals surface area contributed by atoms with Crippen LogP contribution in [0.25, 0.3) is 0 Å². The summed E-state index contributed by atoms with van der Waals surface area (Å²) >= 11 is 0. The third kappa shape index (κ3) is 2.47. The molecule has 6 heteroatoms. The van der Waals surface area contributed by atoms with Gasteiger partial charge in [0.15, 0.2) is 17.3 Å². The molecular formula is C15H17N3O3. The van der Waals surface area contributed by atoms with E-state index in [1.807, 2.05) is 24.3 Å². The van der Waals surface area contributed by atoms with E-state index in [0.717, 1.165) is 18.7 Å². The van der Waals surface area contributed by atoms with Gasteiger partial charge in [-0.05, 0) is 31.5 Å². The highest BCUT2D eigenvalue weighted by molar-refractivity contribution is 5.40. The number of hydrogen-bond acceptors (Lipinski definition) is 6. The molecule has 1 aromatic heterocycles. The summed E-state index contributed by atoms with van der Waals surface area (Å²) in [6.45, 7) is 1.39. The monoisotopic (exact) mass is 287 g/mol. The number of nitrogens with one attached hydrogen (secondary N) is 1. The van der Waals surface area contributed by atoms with E-state index in [1.165, 1.54) is 12.8 Å². The van der Waals surface area contributed by atoms with Crippen molar-refractivity contribution < 1.29 is 14.0 Å². The fourth-order valence-corrected chi connectivity index (χ4v) is 2.73. The van der Waals surface area contributed by atoms with Crippen molar-refractivity contribution in [1.29, 1.82) is 0 Å². The first kappa shape index (κ1) is 12.6. The van der Waals surface area contributed by atoms with Gasteiger partial charge in [-0.3, -0.25) is 0 Å². The molecule has 1 aromatic carbocycles. The molecule has 2 aromatic rings. The molecule has 4 rings (SSSR count). The zero-order valence-electron chi connectivity index (χ0n) is 11.6. The Morgan fingerprint density at radius 2 is 2.05 bits per heavy atom. The van der Waals surface area contributed by atoms with Crippen LogP contribution in [0.2, 0.25) is 0 Å². The van der Waals surface area contributed by atoms with Gasteiger partial charge in [0, 0.05) is 0 Å². The third-order valence-electron chi connectivity index (χ3n) is 3.86. The van der Waals surface area contributed by atoms with Crippen molar-refractivity contribution in [2.45, 2.75) is 31.4 Å². The predicted molar refractivity (Wildman–Crippen MR) is 74.2 cm³/mol. The predicted octanol–water partition coefficient (Wildman–Crippen LogP) is 2.40. The molecule has 0 radical (unpaired) electrons. The maximum absolute atomic E-state index is 5.88. The van der Waals surface area contributed by atoms with Crippen LogP contribution in [0.5, 0.6) is 11.5 Å². The zero-order chi connectivity index (χ0) is 14.1. The van der Waals surface area contributed by atoms with Crippen LogP contribution >= 0.6 is 0 Å². The normalized spacial score (nSPS) is 24.8. The first-order chi connectivity index (χ1) is 10.4. The van der Waals surface area contributed by atoms with Crippen molar-refractivity contribution in [2.24, 2.45) is 0 Å². The fourth-order valence-electron chi connectivity index (χ4n) is 2.73. The third-order valence-corrected chi connectivity index (χ3v) is 3.86. The van der Waals surface area contributed by atoms with Crippen LogP contribution in [0.1, 0.15) is 43.1 Å². The maximum atomic E-state index is 5.88. The van der Waals surface area contributed by atoms with Crippen molar-refractivity contribution in [2.75, 3.05) is 13.2 Å². The molecule has 110 valence electrons. The van der Waals surface area contributed by atoms with Crippen molar-refractivity contribution >= 4 is 0 Å². The standard InChI is InChI=1S/C15H17N3O3/c1-2-7-12-11(6-1)19-9-13(20-12)15-17-14(18-21-15)10-5-3-4-8-16-10/h1-2,6-7,10,13,16H,3-5,8-9H2. The lowest BCUT2D eigenvalue weighted by Crippen LogP contribution is -2.27. The molecule has 0 aliphatic carbocycles. The summed E-state index contributed by atoms with van der Waals surface area (Å²) in [5.74, 6) is 2.66. The number of aromatic nitrogens is 2. The van der Waals surface area contributed by atoms with Crippen LogP contribution in [-0.4, -0.2) is 23.3 Å². The average molecular weight is 287 g/mol. The van der Waals surface area contributed by atoms with Gasteiger partial charge >= 0.3 is 0 Å². The Morgan fingerprint density at radius 3 is 2.90 bits per heavy atom. The van der Waals surface area contributed by atoms with E-state index in [-0.39, 0.29) is 12.1 Å². The average Bonchev–Trinajstić information content (AvgIpc) is 3.05. The molecule has 2 atom stereocenters. The molecule has 2 aliphatic rings. The minimum atomic E-state index is -0.343. The Bertz CT molecular complexity index is 622. The molecule has 21 heavy (non-hydrogen) atoms. The number of hydrogen-bond donors (Lipinski definition) is 1. The van der Waals surface area contributed by atoms with Crippen LogP contribution in [0.15, 0.2) is 28.8 Å². The summed E-state index contributed by atoms with van der Waals surface area (Å²) in [5, 5.41) is 7.50. The smallest absolute Gasteiger partial charge is 0.271 e. The summed E-state index contributed by atoms with van der Waals surface area (Å²) in [4.78, 5) is 4.49. The first-order valence-electron chi connectivity index (χ1n) is 7.35. The maximum Gasteiger partial charge on any atom is 0.271 e. The molecule has 0 bridgehead atoms. The van der Waals surface area contributed by atoms with Crippen LogP contribution in [-0.2, 0) is 0 Å². The van der Waals surface area contributed by atoms with E-state index in [2.05, 4.69) is 15.5 Å². The molecule has 1 saturated heterocycles. The van der Waals surface area contributed by atoms with Gasteiger partial charge in [-0.2, -0.15) is 4.98 Å². The largest absolute Gasteiger partial charge is 0.485 e. The lowest BCUT2D eigenvalue weighted by Gasteiger charge is -2.23. The number of piperidine rings is 1. The second kappa shape index (κ2) is 5.37. The van der Waals surface area contributed by atoms with Gasteiger partial charge in [-0.25, -0.2) is 0 Å². The zero-order valence-corrected chi connectivity index (χ0v) is 11.6. The van der Waals surface area contributed by atoms with Crippen LogP contribution in [0.4, 0.5) is 0 Å². The van der Waals surface area contributed by atoms with Gasteiger partial charge in [0.25, 0.3) is 5.89 Å². The molecule has 3 heterocycles. The Hall–Kier alpha value is -2.08. The van der Waals surface area contributed by atoms with E-state index in [0.29, 0.717) is 24.1 Å². The van der Waals surface area contributed by atoms with Gasteiger partial charge in [-0.1, -0.05) is 23.7 Å². The highest BCUT2D eigenvalue weighted by Crippen LogP contribution is 2.35. The second-order valence-corrected chi connectivity index (χ2v) is 5.36. The van der Waals surface area contributed by atoms with Gasteiger partial charge in [0.05, 0.1) is 6.04 Å². The van der Waals surface area contributed by atoms with Gasteiger partial charge in [0.1, 0.15) is 6.61 Å².